The molecule has 0 aliphatic carbocycles. The van der Waals surface area contributed by atoms with Gasteiger partial charge in [0.25, 0.3) is 5.91 Å². The number of amides is 2. The molecule has 0 atom stereocenters. The van der Waals surface area contributed by atoms with Crippen molar-refractivity contribution in [2.75, 3.05) is 36.7 Å². The minimum absolute atomic E-state index is 0.0368. The second-order valence-electron chi connectivity index (χ2n) is 6.92. The van der Waals surface area contributed by atoms with Gasteiger partial charge >= 0.3 is 0 Å². The normalized spacial score (nSPS) is 13.8. The number of aromatic nitrogens is 1. The van der Waals surface area contributed by atoms with E-state index in [0.717, 1.165) is 22.3 Å². The predicted molar refractivity (Wildman–Crippen MR) is 122 cm³/mol. The fraction of sp³-hybridized carbons (Fsp3) is 0.318. The number of benzene rings is 2. The van der Waals surface area contributed by atoms with Gasteiger partial charge in [0.15, 0.2) is 4.80 Å². The molecule has 1 aliphatic rings. The zero-order valence-electron chi connectivity index (χ0n) is 16.7. The quantitative estimate of drug-likeness (QED) is 0.565. The summed E-state index contributed by atoms with van der Waals surface area (Å²) in [6.45, 7) is 1.88. The van der Waals surface area contributed by atoms with E-state index >= 15 is 0 Å². The van der Waals surface area contributed by atoms with Crippen molar-refractivity contribution in [1.82, 2.24) is 4.57 Å². The molecule has 0 fully saturated rings. The maximum Gasteiger partial charge on any atom is 0.258 e. The van der Waals surface area contributed by atoms with E-state index in [0.29, 0.717) is 24.5 Å². The molecule has 0 unspecified atom stereocenters. The lowest BCUT2D eigenvalue weighted by Crippen LogP contribution is -2.30. The highest BCUT2D eigenvalue weighted by Crippen LogP contribution is 2.28. The Morgan fingerprint density at radius 3 is 2.80 bits per heavy atom. The second-order valence-corrected chi connectivity index (χ2v) is 8.91. The number of methoxy groups -OCH3 is 1. The summed E-state index contributed by atoms with van der Waals surface area (Å²) in [6, 6.07) is 16.0. The summed E-state index contributed by atoms with van der Waals surface area (Å²) < 4.78 is 8.29. The Labute approximate surface area is 183 Å². The van der Waals surface area contributed by atoms with Crippen LogP contribution in [0.15, 0.2) is 53.5 Å². The van der Waals surface area contributed by atoms with Crippen LogP contribution in [0.3, 0.4) is 0 Å². The van der Waals surface area contributed by atoms with Crippen molar-refractivity contribution in [2.24, 2.45) is 4.99 Å². The largest absolute Gasteiger partial charge is 0.383 e. The summed E-state index contributed by atoms with van der Waals surface area (Å²) in [5.74, 6) is 0.257. The summed E-state index contributed by atoms with van der Waals surface area (Å²) in [6.07, 6.45) is 0.883. The molecular formula is C22H23N3O3S2. The highest BCUT2D eigenvalue weighted by Gasteiger charge is 2.23. The lowest BCUT2D eigenvalue weighted by atomic mass is 10.2. The molecule has 4 rings (SSSR count). The minimum Gasteiger partial charge on any atom is -0.383 e. The molecular weight excluding hydrogens is 418 g/mol. The third-order valence-corrected chi connectivity index (χ3v) is 6.93. The van der Waals surface area contributed by atoms with Crippen LogP contribution in [0.5, 0.6) is 0 Å². The molecule has 0 spiro atoms. The Balaban J connectivity index is 1.40. The zero-order chi connectivity index (χ0) is 20.9. The Morgan fingerprint density at radius 1 is 1.13 bits per heavy atom. The van der Waals surface area contributed by atoms with E-state index in [4.69, 9.17) is 4.74 Å². The second kappa shape index (κ2) is 9.59. The Kier molecular flexibility index (Phi) is 6.66. The van der Waals surface area contributed by atoms with Crippen LogP contribution in [0, 0.1) is 0 Å². The molecule has 3 aromatic rings. The van der Waals surface area contributed by atoms with Gasteiger partial charge in [0, 0.05) is 25.9 Å². The van der Waals surface area contributed by atoms with E-state index < -0.39 is 0 Å². The van der Waals surface area contributed by atoms with E-state index in [1.54, 1.807) is 7.11 Å². The first-order chi connectivity index (χ1) is 14.7. The molecule has 0 bridgehead atoms. The minimum atomic E-state index is -0.229. The number of para-hydroxylation sites is 2. The summed E-state index contributed by atoms with van der Waals surface area (Å²) in [5.41, 5.74) is 3.23. The van der Waals surface area contributed by atoms with Crippen LogP contribution < -0.4 is 9.70 Å². The van der Waals surface area contributed by atoms with E-state index in [9.17, 15) is 9.59 Å². The Bertz CT molecular complexity index is 1140. The number of nitrogens with zero attached hydrogens (tertiary/aromatic N) is 3. The van der Waals surface area contributed by atoms with Crippen molar-refractivity contribution in [2.45, 2.75) is 13.0 Å². The third kappa shape index (κ3) is 4.50. The maximum atomic E-state index is 12.6. The van der Waals surface area contributed by atoms with Gasteiger partial charge in [-0.15, -0.1) is 11.8 Å². The van der Waals surface area contributed by atoms with Crippen LogP contribution in [-0.4, -0.2) is 48.1 Å². The average molecular weight is 442 g/mol. The lowest BCUT2D eigenvalue weighted by molar-refractivity contribution is -0.116. The van der Waals surface area contributed by atoms with Crippen molar-refractivity contribution in [3.05, 3.63) is 58.9 Å². The number of carbonyl (C=O) groups excluding carboxylic acids is 2. The predicted octanol–water partition coefficient (Wildman–Crippen LogP) is 3.10. The summed E-state index contributed by atoms with van der Waals surface area (Å²) in [7, 11) is 1.66. The SMILES string of the molecule is COCCn1c(=NC(=O)CSCC(=O)N2CCc3ccccc32)sc2ccccc21. The van der Waals surface area contributed by atoms with E-state index in [1.807, 2.05) is 51.9 Å². The van der Waals surface area contributed by atoms with Crippen molar-refractivity contribution >= 4 is 50.8 Å². The number of rotatable bonds is 7. The number of fused-ring (bicyclic) bond motifs is 2. The van der Waals surface area contributed by atoms with Crippen molar-refractivity contribution in [3.63, 3.8) is 0 Å². The highest BCUT2D eigenvalue weighted by molar-refractivity contribution is 8.00. The van der Waals surface area contributed by atoms with Gasteiger partial charge < -0.3 is 14.2 Å². The zero-order valence-corrected chi connectivity index (χ0v) is 18.4. The van der Waals surface area contributed by atoms with E-state index in [-0.39, 0.29) is 23.3 Å². The number of hydrogen-bond donors (Lipinski definition) is 0. The molecule has 2 amide bonds. The molecule has 1 aliphatic heterocycles. The van der Waals surface area contributed by atoms with E-state index in [2.05, 4.69) is 11.1 Å². The van der Waals surface area contributed by atoms with E-state index in [1.165, 1.54) is 28.7 Å². The first-order valence-corrected chi connectivity index (χ1v) is 11.8. The lowest BCUT2D eigenvalue weighted by Gasteiger charge is -2.16. The summed E-state index contributed by atoms with van der Waals surface area (Å²) >= 11 is 2.81. The first kappa shape index (κ1) is 20.8. The molecule has 8 heteroatoms. The Hall–Kier alpha value is -2.42. The number of carbonyl (C=O) groups is 2. The average Bonchev–Trinajstić information content (AvgIpc) is 3.33. The molecule has 6 nitrogen and oxygen atoms in total. The van der Waals surface area contributed by atoms with Gasteiger partial charge in [-0.1, -0.05) is 41.7 Å². The topological polar surface area (TPSA) is 63.9 Å². The molecule has 1 aromatic heterocycles. The third-order valence-electron chi connectivity index (χ3n) is 4.97. The van der Waals surface area contributed by atoms with Crippen LogP contribution in [0.1, 0.15) is 5.56 Å². The monoisotopic (exact) mass is 441 g/mol. The molecule has 30 heavy (non-hydrogen) atoms. The summed E-state index contributed by atoms with van der Waals surface area (Å²) in [5, 5.41) is 0. The van der Waals surface area contributed by atoms with Crippen LogP contribution >= 0.6 is 23.1 Å². The van der Waals surface area contributed by atoms with Crippen molar-refractivity contribution < 1.29 is 14.3 Å². The number of anilines is 1. The first-order valence-electron chi connectivity index (χ1n) is 9.78. The van der Waals surface area contributed by atoms with Crippen LogP contribution in [0.4, 0.5) is 5.69 Å². The summed E-state index contributed by atoms with van der Waals surface area (Å²) in [4.78, 5) is 31.9. The fourth-order valence-electron chi connectivity index (χ4n) is 3.54. The smallest absolute Gasteiger partial charge is 0.258 e. The number of hydrogen-bond acceptors (Lipinski definition) is 5. The van der Waals surface area contributed by atoms with Crippen molar-refractivity contribution in [1.29, 1.82) is 0 Å². The van der Waals surface area contributed by atoms with Crippen LogP contribution in [-0.2, 0) is 27.3 Å². The molecule has 2 aromatic carbocycles. The molecule has 2 heterocycles. The molecule has 0 saturated carbocycles. The van der Waals surface area contributed by atoms with Gasteiger partial charge in [-0.05, 0) is 30.2 Å². The molecule has 0 saturated heterocycles. The maximum absolute atomic E-state index is 12.6. The fourth-order valence-corrected chi connectivity index (χ4v) is 5.29. The molecule has 156 valence electrons. The standard InChI is InChI=1S/C22H23N3O3S2/c1-28-13-12-25-18-8-4-5-9-19(18)30-22(25)23-20(26)14-29-15-21(27)24-11-10-16-6-2-3-7-17(16)24/h2-9H,10-15H2,1H3. The van der Waals surface area contributed by atoms with Crippen LogP contribution in [0.2, 0.25) is 0 Å². The van der Waals surface area contributed by atoms with Gasteiger partial charge in [-0.25, -0.2) is 0 Å². The Morgan fingerprint density at radius 2 is 1.93 bits per heavy atom. The molecule has 0 N–H and O–H groups in total. The number of thiazole rings is 1. The van der Waals surface area contributed by atoms with Gasteiger partial charge in [0.1, 0.15) is 0 Å². The van der Waals surface area contributed by atoms with Gasteiger partial charge in [0.2, 0.25) is 5.91 Å². The van der Waals surface area contributed by atoms with Gasteiger partial charge in [-0.2, -0.15) is 4.99 Å². The van der Waals surface area contributed by atoms with Gasteiger partial charge in [-0.3, -0.25) is 9.59 Å². The van der Waals surface area contributed by atoms with Crippen LogP contribution in [0.25, 0.3) is 10.2 Å². The molecule has 0 radical (unpaired) electrons. The van der Waals surface area contributed by atoms with Gasteiger partial charge in [0.05, 0.1) is 28.3 Å². The number of thioether (sulfide) groups is 1. The van der Waals surface area contributed by atoms with Crippen molar-refractivity contribution in [3.8, 4) is 0 Å². The highest BCUT2D eigenvalue weighted by atomic mass is 32.2. The number of ether oxygens (including phenoxy) is 1.